The van der Waals surface area contributed by atoms with E-state index in [1.165, 1.54) is 6.42 Å². The Bertz CT molecular complexity index is 407. The van der Waals surface area contributed by atoms with Gasteiger partial charge in [-0.2, -0.15) is 0 Å². The highest BCUT2D eigenvalue weighted by atomic mass is 35.5. The number of hydrogen-bond acceptors (Lipinski definition) is 2. The average molecular weight is 267 g/mol. The summed E-state index contributed by atoms with van der Waals surface area (Å²) < 4.78 is 0. The molecule has 1 aromatic rings. The summed E-state index contributed by atoms with van der Waals surface area (Å²) in [7, 11) is 0. The standard InChI is InChI=1S/C14H19ClN2O/c15-12-4-2-11(3-5-12)8-13(18)17-10-14(9-16)6-1-7-14/h2-5H,1,6-10,16H2,(H,17,18). The van der Waals surface area contributed by atoms with Gasteiger partial charge in [-0.25, -0.2) is 0 Å². The highest BCUT2D eigenvalue weighted by Gasteiger charge is 2.35. The number of carbonyl (C=O) groups is 1. The summed E-state index contributed by atoms with van der Waals surface area (Å²) in [5, 5.41) is 3.68. The van der Waals surface area contributed by atoms with Crippen molar-refractivity contribution in [3.8, 4) is 0 Å². The molecule has 0 unspecified atom stereocenters. The molecule has 3 nitrogen and oxygen atoms in total. The molecule has 2 rings (SSSR count). The Hall–Kier alpha value is -1.06. The van der Waals surface area contributed by atoms with Crippen LogP contribution in [0.3, 0.4) is 0 Å². The maximum atomic E-state index is 11.8. The van der Waals surface area contributed by atoms with Gasteiger partial charge >= 0.3 is 0 Å². The van der Waals surface area contributed by atoms with Gasteiger partial charge in [-0.1, -0.05) is 30.2 Å². The van der Waals surface area contributed by atoms with E-state index in [0.29, 0.717) is 24.5 Å². The van der Waals surface area contributed by atoms with E-state index in [0.717, 1.165) is 18.4 Å². The van der Waals surface area contributed by atoms with E-state index in [1.54, 1.807) is 12.1 Å². The van der Waals surface area contributed by atoms with Gasteiger partial charge in [0.2, 0.25) is 5.91 Å². The molecule has 1 saturated carbocycles. The van der Waals surface area contributed by atoms with E-state index in [1.807, 2.05) is 12.1 Å². The third-order valence-corrected chi connectivity index (χ3v) is 4.04. The number of carbonyl (C=O) groups excluding carboxylic acids is 1. The predicted molar refractivity (Wildman–Crippen MR) is 73.5 cm³/mol. The van der Waals surface area contributed by atoms with Gasteiger partial charge < -0.3 is 11.1 Å². The second-order valence-electron chi connectivity index (χ2n) is 5.14. The van der Waals surface area contributed by atoms with Crippen LogP contribution in [0.4, 0.5) is 0 Å². The molecule has 0 aromatic heterocycles. The number of nitrogens with two attached hydrogens (primary N) is 1. The molecule has 0 spiro atoms. The largest absolute Gasteiger partial charge is 0.355 e. The van der Waals surface area contributed by atoms with E-state index in [-0.39, 0.29) is 11.3 Å². The first kappa shape index (κ1) is 13.4. The number of amides is 1. The molecule has 0 bridgehead atoms. The molecule has 0 heterocycles. The molecule has 98 valence electrons. The van der Waals surface area contributed by atoms with Crippen molar-refractivity contribution in [2.75, 3.05) is 13.1 Å². The molecule has 1 amide bonds. The van der Waals surface area contributed by atoms with Gasteiger partial charge in [-0.15, -0.1) is 0 Å². The number of rotatable bonds is 5. The first-order valence-corrected chi connectivity index (χ1v) is 6.73. The van der Waals surface area contributed by atoms with Gasteiger partial charge in [0.25, 0.3) is 0 Å². The normalized spacial score (nSPS) is 17.0. The van der Waals surface area contributed by atoms with Crippen LogP contribution < -0.4 is 11.1 Å². The Morgan fingerprint density at radius 1 is 1.33 bits per heavy atom. The minimum absolute atomic E-state index is 0.0528. The summed E-state index contributed by atoms with van der Waals surface area (Å²) in [6, 6.07) is 7.36. The lowest BCUT2D eigenvalue weighted by Crippen LogP contribution is -2.47. The molecule has 18 heavy (non-hydrogen) atoms. The summed E-state index contributed by atoms with van der Waals surface area (Å²) in [5.41, 5.74) is 6.90. The lowest BCUT2D eigenvalue weighted by atomic mass is 9.69. The van der Waals surface area contributed by atoms with Crippen molar-refractivity contribution in [3.63, 3.8) is 0 Å². The third kappa shape index (κ3) is 3.24. The van der Waals surface area contributed by atoms with Crippen LogP contribution in [0.1, 0.15) is 24.8 Å². The molecule has 3 N–H and O–H groups in total. The fourth-order valence-corrected chi connectivity index (χ4v) is 2.39. The molecule has 0 radical (unpaired) electrons. The quantitative estimate of drug-likeness (QED) is 0.858. The summed E-state index contributed by atoms with van der Waals surface area (Å²) >= 11 is 5.80. The van der Waals surface area contributed by atoms with E-state index < -0.39 is 0 Å². The maximum Gasteiger partial charge on any atom is 0.224 e. The number of hydrogen-bond donors (Lipinski definition) is 2. The molecular formula is C14H19ClN2O. The van der Waals surface area contributed by atoms with Crippen molar-refractivity contribution in [1.29, 1.82) is 0 Å². The molecule has 1 aromatic carbocycles. The van der Waals surface area contributed by atoms with Crippen molar-refractivity contribution >= 4 is 17.5 Å². The van der Waals surface area contributed by atoms with Gasteiger partial charge in [-0.05, 0) is 42.5 Å². The molecule has 1 aliphatic rings. The second kappa shape index (κ2) is 5.72. The smallest absolute Gasteiger partial charge is 0.224 e. The van der Waals surface area contributed by atoms with Crippen LogP contribution in [0.5, 0.6) is 0 Å². The van der Waals surface area contributed by atoms with Crippen molar-refractivity contribution in [3.05, 3.63) is 34.9 Å². The fourth-order valence-electron chi connectivity index (χ4n) is 2.27. The summed E-state index contributed by atoms with van der Waals surface area (Å²) in [4.78, 5) is 11.8. The Morgan fingerprint density at radius 2 is 2.00 bits per heavy atom. The van der Waals surface area contributed by atoms with E-state index in [9.17, 15) is 4.79 Å². The van der Waals surface area contributed by atoms with Crippen LogP contribution in [0, 0.1) is 5.41 Å². The number of halogens is 1. The van der Waals surface area contributed by atoms with Gasteiger partial charge in [0.1, 0.15) is 0 Å². The molecular weight excluding hydrogens is 248 g/mol. The molecule has 4 heteroatoms. The Morgan fingerprint density at radius 3 is 2.50 bits per heavy atom. The molecule has 1 aliphatic carbocycles. The SMILES string of the molecule is NCC1(CNC(=O)Cc2ccc(Cl)cc2)CCC1. The lowest BCUT2D eigenvalue weighted by Gasteiger charge is -2.41. The van der Waals surface area contributed by atoms with Crippen molar-refractivity contribution in [2.24, 2.45) is 11.1 Å². The zero-order valence-electron chi connectivity index (χ0n) is 10.4. The summed E-state index contributed by atoms with van der Waals surface area (Å²) in [5.74, 6) is 0.0528. The van der Waals surface area contributed by atoms with Gasteiger partial charge in [0.05, 0.1) is 6.42 Å². The zero-order chi connectivity index (χ0) is 13.0. The molecule has 0 atom stereocenters. The van der Waals surface area contributed by atoms with Crippen LogP contribution >= 0.6 is 11.6 Å². The lowest BCUT2D eigenvalue weighted by molar-refractivity contribution is -0.121. The Kier molecular flexibility index (Phi) is 4.25. The molecule has 0 aliphatic heterocycles. The van der Waals surface area contributed by atoms with Crippen LogP contribution in [0.2, 0.25) is 5.02 Å². The number of benzene rings is 1. The van der Waals surface area contributed by atoms with Crippen LogP contribution in [0.25, 0.3) is 0 Å². The zero-order valence-corrected chi connectivity index (χ0v) is 11.2. The third-order valence-electron chi connectivity index (χ3n) is 3.79. The Labute approximate surface area is 113 Å². The van der Waals surface area contributed by atoms with Crippen LogP contribution in [-0.4, -0.2) is 19.0 Å². The molecule has 1 fully saturated rings. The Balaban J connectivity index is 1.80. The van der Waals surface area contributed by atoms with Gasteiger partial charge in [-0.3, -0.25) is 4.79 Å². The minimum atomic E-state index is 0.0528. The van der Waals surface area contributed by atoms with Gasteiger partial charge in [0, 0.05) is 11.6 Å². The maximum absolute atomic E-state index is 11.8. The summed E-state index contributed by atoms with van der Waals surface area (Å²) in [6.45, 7) is 1.37. The van der Waals surface area contributed by atoms with Crippen molar-refractivity contribution < 1.29 is 4.79 Å². The average Bonchev–Trinajstić information content (AvgIpc) is 2.31. The van der Waals surface area contributed by atoms with E-state index >= 15 is 0 Å². The minimum Gasteiger partial charge on any atom is -0.355 e. The first-order valence-electron chi connectivity index (χ1n) is 6.35. The number of nitrogens with one attached hydrogen (secondary N) is 1. The highest BCUT2D eigenvalue weighted by molar-refractivity contribution is 6.30. The second-order valence-corrected chi connectivity index (χ2v) is 5.57. The van der Waals surface area contributed by atoms with Crippen molar-refractivity contribution in [1.82, 2.24) is 5.32 Å². The first-order chi connectivity index (χ1) is 8.63. The van der Waals surface area contributed by atoms with E-state index in [4.69, 9.17) is 17.3 Å². The van der Waals surface area contributed by atoms with Gasteiger partial charge in [0.15, 0.2) is 0 Å². The monoisotopic (exact) mass is 266 g/mol. The van der Waals surface area contributed by atoms with Crippen molar-refractivity contribution in [2.45, 2.75) is 25.7 Å². The fraction of sp³-hybridized carbons (Fsp3) is 0.500. The van der Waals surface area contributed by atoms with Crippen LogP contribution in [-0.2, 0) is 11.2 Å². The summed E-state index contributed by atoms with van der Waals surface area (Å²) in [6.07, 6.45) is 3.89. The highest BCUT2D eigenvalue weighted by Crippen LogP contribution is 2.39. The van der Waals surface area contributed by atoms with E-state index in [2.05, 4.69) is 5.32 Å². The molecule has 0 saturated heterocycles. The topological polar surface area (TPSA) is 55.1 Å². The predicted octanol–water partition coefficient (Wildman–Crippen LogP) is 2.13. The van der Waals surface area contributed by atoms with Crippen LogP contribution in [0.15, 0.2) is 24.3 Å².